The van der Waals surface area contributed by atoms with Crippen LogP contribution in [0.5, 0.6) is 0 Å². The molecule has 0 radical (unpaired) electrons. The van der Waals surface area contributed by atoms with Gasteiger partial charge in [-0.15, -0.1) is 0 Å². The van der Waals surface area contributed by atoms with Crippen molar-refractivity contribution in [2.45, 2.75) is 52.0 Å². The number of hydrogen-bond acceptors (Lipinski definition) is 3. The summed E-state index contributed by atoms with van der Waals surface area (Å²) in [5.74, 6) is 0. The molecule has 22 heavy (non-hydrogen) atoms. The van der Waals surface area contributed by atoms with E-state index in [1.807, 2.05) is 0 Å². The molecular weight excluding hydrogens is 288 g/mol. The van der Waals surface area contributed by atoms with Crippen molar-refractivity contribution in [3.05, 3.63) is 40.8 Å². The highest BCUT2D eigenvalue weighted by Crippen LogP contribution is 2.33. The lowest BCUT2D eigenvalue weighted by atomic mass is 9.84. The predicted octanol–water partition coefficient (Wildman–Crippen LogP) is 4.79. The van der Waals surface area contributed by atoms with Crippen LogP contribution in [0.4, 0.5) is 0 Å². The highest BCUT2D eigenvalue weighted by atomic mass is 32.1. The van der Waals surface area contributed by atoms with Crippen LogP contribution in [-0.4, -0.2) is 28.4 Å². The Bertz CT molecular complexity index is 585. The molecule has 2 nitrogen and oxygen atoms in total. The zero-order valence-corrected chi connectivity index (χ0v) is 14.5. The van der Waals surface area contributed by atoms with Gasteiger partial charge in [0.15, 0.2) is 0 Å². The van der Waals surface area contributed by atoms with Crippen molar-refractivity contribution in [3.8, 4) is 11.3 Å². The molecule has 0 fully saturated rings. The van der Waals surface area contributed by atoms with Crippen LogP contribution in [0.3, 0.4) is 0 Å². The maximum absolute atomic E-state index is 4.57. The summed E-state index contributed by atoms with van der Waals surface area (Å²) in [5, 5.41) is 2.08. The third-order valence-electron chi connectivity index (χ3n) is 4.71. The number of hydrogen-bond donors (Lipinski definition) is 0. The third kappa shape index (κ3) is 3.26. The Labute approximate surface area is 138 Å². The average molecular weight is 314 g/mol. The summed E-state index contributed by atoms with van der Waals surface area (Å²) in [7, 11) is 0. The molecule has 1 aromatic carbocycles. The van der Waals surface area contributed by atoms with Gasteiger partial charge in [-0.25, -0.2) is 0 Å². The van der Waals surface area contributed by atoms with Crippen LogP contribution >= 0.6 is 11.5 Å². The zero-order chi connectivity index (χ0) is 15.4. The van der Waals surface area contributed by atoms with Crippen LogP contribution in [-0.2, 0) is 12.8 Å². The molecule has 118 valence electrons. The van der Waals surface area contributed by atoms with Crippen molar-refractivity contribution in [1.82, 2.24) is 9.27 Å². The third-order valence-corrected chi connectivity index (χ3v) is 5.27. The van der Waals surface area contributed by atoms with E-state index in [-0.39, 0.29) is 0 Å². The SMILES string of the molecule is CCCN(CCC)C1CCc2cccc(-c3ccsn3)c2C1. The minimum Gasteiger partial charge on any atom is -0.300 e. The first kappa shape index (κ1) is 15.7. The number of nitrogens with zero attached hydrogens (tertiary/aromatic N) is 2. The second-order valence-corrected chi connectivity index (χ2v) is 6.93. The second-order valence-electron chi connectivity index (χ2n) is 6.26. The van der Waals surface area contributed by atoms with Crippen LogP contribution in [0.15, 0.2) is 29.6 Å². The highest BCUT2D eigenvalue weighted by Gasteiger charge is 2.25. The van der Waals surface area contributed by atoms with Gasteiger partial charge in [-0.1, -0.05) is 32.0 Å². The standard InChI is InChI=1S/C19H26N2S/c1-3-11-21(12-4-2)16-9-8-15-6-5-7-17(18(15)14-16)19-10-13-22-20-19/h5-7,10,13,16H,3-4,8-9,11-12,14H2,1-2H3. The molecule has 0 saturated carbocycles. The Balaban J connectivity index is 1.88. The number of aromatic nitrogens is 1. The van der Waals surface area contributed by atoms with Crippen LogP contribution in [0.2, 0.25) is 0 Å². The molecule has 0 amide bonds. The molecule has 0 spiro atoms. The van der Waals surface area contributed by atoms with Gasteiger partial charge in [-0.2, -0.15) is 4.37 Å². The summed E-state index contributed by atoms with van der Waals surface area (Å²) in [6.07, 6.45) is 6.19. The summed E-state index contributed by atoms with van der Waals surface area (Å²) in [5.41, 5.74) is 5.59. The van der Waals surface area contributed by atoms with E-state index < -0.39 is 0 Å². The fraction of sp³-hybridized carbons (Fsp3) is 0.526. The smallest absolute Gasteiger partial charge is 0.0843 e. The van der Waals surface area contributed by atoms with E-state index in [2.05, 4.69) is 52.8 Å². The minimum atomic E-state index is 0.701. The maximum atomic E-state index is 4.57. The Hall–Kier alpha value is -1.19. The first-order valence-corrected chi connectivity index (χ1v) is 9.42. The highest BCUT2D eigenvalue weighted by molar-refractivity contribution is 7.03. The number of aryl methyl sites for hydroxylation is 1. The summed E-state index contributed by atoms with van der Waals surface area (Å²) in [6, 6.07) is 9.61. The van der Waals surface area contributed by atoms with Crippen molar-refractivity contribution in [1.29, 1.82) is 0 Å². The zero-order valence-electron chi connectivity index (χ0n) is 13.7. The molecule has 1 aliphatic rings. The van der Waals surface area contributed by atoms with Gasteiger partial charge in [0, 0.05) is 17.0 Å². The van der Waals surface area contributed by atoms with Crippen LogP contribution in [0, 0.1) is 0 Å². The lowest BCUT2D eigenvalue weighted by Crippen LogP contribution is -2.40. The van der Waals surface area contributed by atoms with Gasteiger partial charge in [-0.05, 0) is 73.9 Å². The van der Waals surface area contributed by atoms with Gasteiger partial charge in [0.2, 0.25) is 0 Å². The molecule has 3 heteroatoms. The molecule has 1 heterocycles. The van der Waals surface area contributed by atoms with E-state index in [0.717, 1.165) is 5.69 Å². The second kappa shape index (κ2) is 7.38. The Morgan fingerprint density at radius 2 is 2.00 bits per heavy atom. The molecular formula is C19H26N2S. The van der Waals surface area contributed by atoms with Crippen LogP contribution in [0.1, 0.15) is 44.2 Å². The first-order chi connectivity index (χ1) is 10.8. The van der Waals surface area contributed by atoms with Crippen LogP contribution in [0.25, 0.3) is 11.3 Å². The van der Waals surface area contributed by atoms with E-state index in [0.29, 0.717) is 6.04 Å². The predicted molar refractivity (Wildman–Crippen MR) is 95.5 cm³/mol. The largest absolute Gasteiger partial charge is 0.300 e. The Morgan fingerprint density at radius 3 is 2.68 bits per heavy atom. The van der Waals surface area contributed by atoms with E-state index >= 15 is 0 Å². The summed E-state index contributed by atoms with van der Waals surface area (Å²) < 4.78 is 4.57. The van der Waals surface area contributed by atoms with Gasteiger partial charge in [0.05, 0.1) is 5.69 Å². The fourth-order valence-electron chi connectivity index (χ4n) is 3.72. The van der Waals surface area contributed by atoms with Crippen molar-refractivity contribution in [3.63, 3.8) is 0 Å². The number of rotatable bonds is 6. The minimum absolute atomic E-state index is 0.701. The molecule has 2 aromatic rings. The summed E-state index contributed by atoms with van der Waals surface area (Å²) in [4.78, 5) is 2.71. The van der Waals surface area contributed by atoms with Gasteiger partial charge < -0.3 is 4.90 Å². The van der Waals surface area contributed by atoms with Gasteiger partial charge in [-0.3, -0.25) is 0 Å². The fourth-order valence-corrected chi connectivity index (χ4v) is 4.25. The molecule has 0 saturated heterocycles. The molecule has 0 N–H and O–H groups in total. The van der Waals surface area contributed by atoms with Crippen molar-refractivity contribution in [2.75, 3.05) is 13.1 Å². The molecule has 1 atom stereocenters. The first-order valence-electron chi connectivity index (χ1n) is 8.59. The van der Waals surface area contributed by atoms with E-state index in [1.54, 1.807) is 17.1 Å². The van der Waals surface area contributed by atoms with E-state index in [1.165, 1.54) is 56.3 Å². The molecule has 0 bridgehead atoms. The molecule has 1 unspecified atom stereocenters. The average Bonchev–Trinajstić information content (AvgIpc) is 3.08. The Morgan fingerprint density at radius 1 is 1.18 bits per heavy atom. The van der Waals surface area contributed by atoms with Crippen LogP contribution < -0.4 is 0 Å². The molecule has 0 aliphatic heterocycles. The van der Waals surface area contributed by atoms with Gasteiger partial charge >= 0.3 is 0 Å². The summed E-state index contributed by atoms with van der Waals surface area (Å²) >= 11 is 1.55. The normalized spacial score (nSPS) is 17.7. The monoisotopic (exact) mass is 314 g/mol. The molecule has 1 aliphatic carbocycles. The van der Waals surface area contributed by atoms with E-state index in [9.17, 15) is 0 Å². The quantitative estimate of drug-likeness (QED) is 0.762. The van der Waals surface area contributed by atoms with Crippen molar-refractivity contribution < 1.29 is 0 Å². The molecule has 1 aromatic heterocycles. The number of benzene rings is 1. The van der Waals surface area contributed by atoms with Gasteiger partial charge in [0.1, 0.15) is 0 Å². The Kier molecular flexibility index (Phi) is 5.27. The summed E-state index contributed by atoms with van der Waals surface area (Å²) in [6.45, 7) is 7.04. The topological polar surface area (TPSA) is 16.1 Å². The maximum Gasteiger partial charge on any atom is 0.0843 e. The van der Waals surface area contributed by atoms with Gasteiger partial charge in [0.25, 0.3) is 0 Å². The van der Waals surface area contributed by atoms with Crippen molar-refractivity contribution >= 4 is 11.5 Å². The lowest BCUT2D eigenvalue weighted by Gasteiger charge is -2.35. The number of fused-ring (bicyclic) bond motifs is 1. The lowest BCUT2D eigenvalue weighted by molar-refractivity contribution is 0.180. The molecule has 3 rings (SSSR count). The van der Waals surface area contributed by atoms with Crippen molar-refractivity contribution in [2.24, 2.45) is 0 Å². The van der Waals surface area contributed by atoms with E-state index in [4.69, 9.17) is 0 Å².